The lowest BCUT2D eigenvalue weighted by Crippen LogP contribution is -2.41. The van der Waals surface area contributed by atoms with Crippen molar-refractivity contribution in [3.05, 3.63) is 0 Å². The molecular weight excluding hydrogens is 330 g/mol. The summed E-state index contributed by atoms with van der Waals surface area (Å²) in [5.41, 5.74) is 4.69. The van der Waals surface area contributed by atoms with Crippen LogP contribution in [0.25, 0.3) is 0 Å². The standard InChI is InChI=1S/C5H8Br3NO/c6-1-5(2-7,3-8)4(9)10/h1-3H2,(H2,9,10). The maximum Gasteiger partial charge on any atom is 0.226 e. The number of hydrogen-bond donors (Lipinski definition) is 1. The Morgan fingerprint density at radius 2 is 1.50 bits per heavy atom. The SMILES string of the molecule is NC(=O)C(CBr)(CBr)CBr. The molecule has 0 unspecified atom stereocenters. The quantitative estimate of drug-likeness (QED) is 0.779. The number of amides is 1. The lowest BCUT2D eigenvalue weighted by molar-refractivity contribution is -0.124. The van der Waals surface area contributed by atoms with Gasteiger partial charge in [0.05, 0.1) is 5.41 Å². The molecule has 2 nitrogen and oxygen atoms in total. The third-order valence-electron chi connectivity index (χ3n) is 1.29. The summed E-state index contributed by atoms with van der Waals surface area (Å²) in [7, 11) is 0. The number of rotatable bonds is 4. The van der Waals surface area contributed by atoms with Gasteiger partial charge in [-0.2, -0.15) is 0 Å². The summed E-state index contributed by atoms with van der Waals surface area (Å²) in [6.07, 6.45) is 0. The molecule has 0 saturated carbocycles. The molecule has 0 rings (SSSR count). The second-order valence-corrected chi connectivity index (χ2v) is 3.73. The number of nitrogens with two attached hydrogens (primary N) is 1. The zero-order valence-electron chi connectivity index (χ0n) is 5.24. The molecule has 5 heteroatoms. The minimum atomic E-state index is -0.486. The Balaban J connectivity index is 4.31. The van der Waals surface area contributed by atoms with Crippen LogP contribution in [0.3, 0.4) is 0 Å². The van der Waals surface area contributed by atoms with Crippen LogP contribution in [0.5, 0.6) is 0 Å². The Hall–Kier alpha value is 0.910. The highest BCUT2D eigenvalue weighted by atomic mass is 79.9. The molecule has 0 heterocycles. The van der Waals surface area contributed by atoms with Crippen molar-refractivity contribution in [3.63, 3.8) is 0 Å². The van der Waals surface area contributed by atoms with Gasteiger partial charge >= 0.3 is 0 Å². The van der Waals surface area contributed by atoms with Gasteiger partial charge in [0.2, 0.25) is 5.91 Å². The highest BCUT2D eigenvalue weighted by Crippen LogP contribution is 2.24. The first-order valence-electron chi connectivity index (χ1n) is 2.61. The monoisotopic (exact) mass is 335 g/mol. The van der Waals surface area contributed by atoms with Gasteiger partial charge in [0.1, 0.15) is 0 Å². The highest BCUT2D eigenvalue weighted by molar-refractivity contribution is 9.10. The number of halogens is 3. The van der Waals surface area contributed by atoms with E-state index in [9.17, 15) is 4.79 Å². The van der Waals surface area contributed by atoms with Gasteiger partial charge in [-0.05, 0) is 0 Å². The Morgan fingerprint density at radius 3 is 1.50 bits per heavy atom. The minimum Gasteiger partial charge on any atom is -0.369 e. The van der Waals surface area contributed by atoms with Crippen molar-refractivity contribution in [2.24, 2.45) is 11.1 Å². The topological polar surface area (TPSA) is 43.1 Å². The molecule has 0 aromatic carbocycles. The van der Waals surface area contributed by atoms with E-state index in [4.69, 9.17) is 5.73 Å². The third-order valence-corrected chi connectivity index (χ3v) is 4.51. The Labute approximate surface area is 85.3 Å². The van der Waals surface area contributed by atoms with Crippen molar-refractivity contribution >= 4 is 53.7 Å². The molecule has 60 valence electrons. The average Bonchev–Trinajstić information content (AvgIpc) is 1.92. The normalized spacial score (nSPS) is 11.5. The lowest BCUT2D eigenvalue weighted by Gasteiger charge is -2.22. The smallest absolute Gasteiger partial charge is 0.226 e. The number of hydrogen-bond acceptors (Lipinski definition) is 1. The summed E-state index contributed by atoms with van der Waals surface area (Å²) in [6, 6.07) is 0. The molecule has 0 radical (unpaired) electrons. The van der Waals surface area contributed by atoms with E-state index in [0.717, 1.165) is 0 Å². The molecule has 0 bridgehead atoms. The van der Waals surface area contributed by atoms with Crippen LogP contribution in [0, 0.1) is 5.41 Å². The molecular formula is C5H8Br3NO. The van der Waals surface area contributed by atoms with E-state index in [1.165, 1.54) is 0 Å². The van der Waals surface area contributed by atoms with Gasteiger partial charge in [0.25, 0.3) is 0 Å². The van der Waals surface area contributed by atoms with Crippen molar-refractivity contribution in [1.82, 2.24) is 0 Å². The fourth-order valence-corrected chi connectivity index (χ4v) is 3.92. The largest absolute Gasteiger partial charge is 0.369 e. The number of primary amides is 1. The number of carbonyl (C=O) groups is 1. The summed E-state index contributed by atoms with van der Waals surface area (Å²) < 4.78 is 0. The van der Waals surface area contributed by atoms with Crippen molar-refractivity contribution in [3.8, 4) is 0 Å². The van der Waals surface area contributed by atoms with Crippen LogP contribution in [0.4, 0.5) is 0 Å². The fourth-order valence-electron chi connectivity index (χ4n) is 0.305. The maximum atomic E-state index is 10.8. The first-order chi connectivity index (χ1) is 4.63. The molecule has 0 aliphatic rings. The van der Waals surface area contributed by atoms with E-state index in [0.29, 0.717) is 16.0 Å². The Morgan fingerprint density at radius 1 is 1.20 bits per heavy atom. The molecule has 0 atom stereocenters. The number of carbonyl (C=O) groups excluding carboxylic acids is 1. The molecule has 1 amide bonds. The van der Waals surface area contributed by atoms with Crippen molar-refractivity contribution in [2.45, 2.75) is 0 Å². The van der Waals surface area contributed by atoms with Gasteiger partial charge in [-0.15, -0.1) is 0 Å². The first-order valence-corrected chi connectivity index (χ1v) is 5.97. The van der Waals surface area contributed by atoms with Crippen LogP contribution in [0.2, 0.25) is 0 Å². The molecule has 2 N–H and O–H groups in total. The average molecular weight is 338 g/mol. The predicted molar refractivity (Wildman–Crippen MR) is 53.0 cm³/mol. The molecule has 0 aromatic heterocycles. The van der Waals surface area contributed by atoms with E-state index in [1.807, 2.05) is 0 Å². The van der Waals surface area contributed by atoms with Gasteiger partial charge in [0.15, 0.2) is 0 Å². The second kappa shape index (κ2) is 4.72. The fraction of sp³-hybridized carbons (Fsp3) is 0.800. The molecule has 0 aliphatic heterocycles. The van der Waals surface area contributed by atoms with Crippen molar-refractivity contribution in [1.29, 1.82) is 0 Å². The van der Waals surface area contributed by atoms with E-state index in [2.05, 4.69) is 47.8 Å². The predicted octanol–water partition coefficient (Wildman–Crippen LogP) is 1.64. The van der Waals surface area contributed by atoms with E-state index < -0.39 is 5.41 Å². The third kappa shape index (κ3) is 2.20. The number of alkyl halides is 3. The summed E-state index contributed by atoms with van der Waals surface area (Å²) in [5.74, 6) is -0.293. The van der Waals surface area contributed by atoms with Gasteiger partial charge in [-0.3, -0.25) is 4.79 Å². The second-order valence-electron chi connectivity index (χ2n) is 2.05. The minimum absolute atomic E-state index is 0.293. The summed E-state index contributed by atoms with van der Waals surface area (Å²) >= 11 is 9.70. The summed E-state index contributed by atoms with van der Waals surface area (Å²) in [6.45, 7) is 0. The molecule has 0 aromatic rings. The van der Waals surface area contributed by atoms with Crippen molar-refractivity contribution < 1.29 is 4.79 Å². The summed E-state index contributed by atoms with van der Waals surface area (Å²) in [4.78, 5) is 10.8. The zero-order chi connectivity index (χ0) is 8.20. The molecule has 0 spiro atoms. The van der Waals surface area contributed by atoms with Gasteiger partial charge < -0.3 is 5.73 Å². The van der Waals surface area contributed by atoms with E-state index >= 15 is 0 Å². The molecule has 0 saturated heterocycles. The molecule has 0 fully saturated rings. The Bertz CT molecular complexity index is 116. The van der Waals surface area contributed by atoms with Crippen LogP contribution in [-0.4, -0.2) is 21.9 Å². The van der Waals surface area contributed by atoms with Crippen LogP contribution in [0.1, 0.15) is 0 Å². The van der Waals surface area contributed by atoms with Gasteiger partial charge in [-0.1, -0.05) is 47.8 Å². The first kappa shape index (κ1) is 10.9. The maximum absolute atomic E-state index is 10.8. The molecule has 0 aliphatic carbocycles. The lowest BCUT2D eigenvalue weighted by atomic mass is 9.96. The zero-order valence-corrected chi connectivity index (χ0v) is 10.00. The van der Waals surface area contributed by atoms with E-state index in [-0.39, 0.29) is 5.91 Å². The van der Waals surface area contributed by atoms with Gasteiger partial charge in [-0.25, -0.2) is 0 Å². The van der Waals surface area contributed by atoms with Crippen LogP contribution < -0.4 is 5.73 Å². The Kier molecular flexibility index (Phi) is 5.15. The van der Waals surface area contributed by atoms with Crippen LogP contribution >= 0.6 is 47.8 Å². The molecule has 10 heavy (non-hydrogen) atoms. The van der Waals surface area contributed by atoms with Crippen molar-refractivity contribution in [2.75, 3.05) is 16.0 Å². The highest BCUT2D eigenvalue weighted by Gasteiger charge is 2.33. The summed E-state index contributed by atoms with van der Waals surface area (Å²) in [5, 5.41) is 1.73. The van der Waals surface area contributed by atoms with Gasteiger partial charge in [0, 0.05) is 16.0 Å². The van der Waals surface area contributed by atoms with Crippen LogP contribution in [-0.2, 0) is 4.79 Å². The van der Waals surface area contributed by atoms with Crippen LogP contribution in [0.15, 0.2) is 0 Å². The van der Waals surface area contributed by atoms with E-state index in [1.54, 1.807) is 0 Å².